The molecule has 2 aromatic carbocycles. The van der Waals surface area contributed by atoms with Crippen molar-refractivity contribution in [3.63, 3.8) is 0 Å². The Morgan fingerprint density at radius 1 is 1.19 bits per heavy atom. The fourth-order valence-corrected chi connectivity index (χ4v) is 5.44. The average Bonchev–Trinajstić information content (AvgIpc) is 3.15. The molecule has 1 amide bonds. The highest BCUT2D eigenvalue weighted by Gasteiger charge is 2.42. The van der Waals surface area contributed by atoms with Gasteiger partial charge < -0.3 is 10.0 Å². The van der Waals surface area contributed by atoms with Gasteiger partial charge in [-0.25, -0.2) is 0 Å². The molecular formula is C23H24Cl2N4O2. The van der Waals surface area contributed by atoms with Crippen LogP contribution in [0.1, 0.15) is 34.5 Å². The smallest absolute Gasteiger partial charge is 0.255 e. The fraction of sp³-hybridized carbons (Fsp3) is 0.391. The zero-order valence-electron chi connectivity index (χ0n) is 17.2. The molecule has 0 aliphatic carbocycles. The monoisotopic (exact) mass is 458 g/mol. The van der Waals surface area contributed by atoms with Crippen molar-refractivity contribution in [2.45, 2.75) is 31.4 Å². The highest BCUT2D eigenvalue weighted by Crippen LogP contribution is 2.36. The van der Waals surface area contributed by atoms with Gasteiger partial charge in [0.2, 0.25) is 0 Å². The molecule has 0 radical (unpaired) electrons. The number of halogens is 2. The maximum absolute atomic E-state index is 13.3. The maximum atomic E-state index is 13.3. The topological polar surface area (TPSA) is 72.5 Å². The molecule has 2 fully saturated rings. The number of aryl methyl sites for hydroxylation is 1. The second kappa shape index (κ2) is 7.78. The van der Waals surface area contributed by atoms with Gasteiger partial charge in [0, 0.05) is 42.6 Å². The summed E-state index contributed by atoms with van der Waals surface area (Å²) in [5.74, 6) is -0.0503. The molecule has 5 rings (SSSR count). The third-order valence-electron chi connectivity index (χ3n) is 6.71. The van der Waals surface area contributed by atoms with Gasteiger partial charge in [-0.2, -0.15) is 5.10 Å². The van der Waals surface area contributed by atoms with Gasteiger partial charge in [0.15, 0.2) is 0 Å². The van der Waals surface area contributed by atoms with Gasteiger partial charge in [0.05, 0.1) is 21.8 Å². The van der Waals surface area contributed by atoms with E-state index in [2.05, 4.69) is 15.1 Å². The molecule has 0 saturated carbocycles. The predicted octanol–water partition coefficient (Wildman–Crippen LogP) is 3.99. The van der Waals surface area contributed by atoms with Crippen LogP contribution in [-0.2, 0) is 5.60 Å². The zero-order valence-corrected chi connectivity index (χ0v) is 18.7. The van der Waals surface area contributed by atoms with Crippen molar-refractivity contribution >= 4 is 40.0 Å². The molecule has 6 nitrogen and oxygen atoms in total. The highest BCUT2D eigenvalue weighted by molar-refractivity contribution is 6.38. The number of fused-ring (bicyclic) bond motifs is 2. The lowest BCUT2D eigenvalue weighted by atomic mass is 9.82. The molecule has 2 atom stereocenters. The summed E-state index contributed by atoms with van der Waals surface area (Å²) in [6.07, 6.45) is 1.47. The minimum absolute atomic E-state index is 0.0503. The normalized spacial score (nSPS) is 24.4. The number of aromatic nitrogens is 2. The van der Waals surface area contributed by atoms with Crippen molar-refractivity contribution < 1.29 is 9.90 Å². The highest BCUT2D eigenvalue weighted by atomic mass is 35.5. The van der Waals surface area contributed by atoms with Gasteiger partial charge in [0.25, 0.3) is 5.91 Å². The predicted molar refractivity (Wildman–Crippen MR) is 122 cm³/mol. The van der Waals surface area contributed by atoms with Gasteiger partial charge in [-0.3, -0.25) is 14.8 Å². The number of carbonyl (C=O) groups is 1. The molecule has 2 N–H and O–H groups in total. The lowest BCUT2D eigenvalue weighted by Crippen LogP contribution is -2.60. The molecule has 3 heterocycles. The number of aliphatic hydroxyl groups is 1. The van der Waals surface area contributed by atoms with E-state index in [4.69, 9.17) is 23.2 Å². The van der Waals surface area contributed by atoms with Crippen molar-refractivity contribution in [1.82, 2.24) is 20.0 Å². The summed E-state index contributed by atoms with van der Waals surface area (Å²) in [5, 5.41) is 20.3. The number of amides is 1. The standard InChI is InChI=1S/C23H24Cl2N4O2/c1-14-20-19(27-26-14)7-6-18(21(20)25)22(30)28-10-11-29-13-23(31,9-8-17(29)12-28)15-2-4-16(24)5-3-15/h2-7,17,31H,8-13H2,1H3,(H,26,27). The van der Waals surface area contributed by atoms with Crippen LogP contribution in [0.3, 0.4) is 0 Å². The van der Waals surface area contributed by atoms with E-state index in [1.807, 2.05) is 42.2 Å². The van der Waals surface area contributed by atoms with Crippen molar-refractivity contribution in [2.75, 3.05) is 26.2 Å². The Morgan fingerprint density at radius 3 is 2.74 bits per heavy atom. The van der Waals surface area contributed by atoms with E-state index in [1.165, 1.54) is 0 Å². The second-order valence-corrected chi connectivity index (χ2v) is 9.43. The van der Waals surface area contributed by atoms with Crippen LogP contribution >= 0.6 is 23.2 Å². The Balaban J connectivity index is 1.32. The number of hydrogen-bond acceptors (Lipinski definition) is 4. The van der Waals surface area contributed by atoms with Crippen LogP contribution in [0.4, 0.5) is 0 Å². The number of piperazine rings is 1. The molecule has 162 valence electrons. The number of piperidine rings is 1. The van der Waals surface area contributed by atoms with Crippen LogP contribution in [0.25, 0.3) is 10.9 Å². The van der Waals surface area contributed by atoms with Gasteiger partial charge in [-0.1, -0.05) is 35.3 Å². The van der Waals surface area contributed by atoms with E-state index in [0.29, 0.717) is 41.7 Å². The average molecular weight is 459 g/mol. The Morgan fingerprint density at radius 2 is 1.97 bits per heavy atom. The molecule has 8 heteroatoms. The Bertz CT molecular complexity index is 1150. The van der Waals surface area contributed by atoms with Gasteiger partial charge in [0.1, 0.15) is 5.60 Å². The van der Waals surface area contributed by atoms with Gasteiger partial charge >= 0.3 is 0 Å². The van der Waals surface area contributed by atoms with Crippen LogP contribution in [0.5, 0.6) is 0 Å². The minimum Gasteiger partial charge on any atom is -0.384 e. The molecule has 0 spiro atoms. The van der Waals surface area contributed by atoms with E-state index in [0.717, 1.165) is 35.1 Å². The maximum Gasteiger partial charge on any atom is 0.255 e. The molecular weight excluding hydrogens is 435 g/mol. The summed E-state index contributed by atoms with van der Waals surface area (Å²) in [5.41, 5.74) is 2.14. The summed E-state index contributed by atoms with van der Waals surface area (Å²) < 4.78 is 0. The number of H-pyrrole nitrogens is 1. The first kappa shape index (κ1) is 20.8. The number of carbonyl (C=O) groups excluding carboxylic acids is 1. The number of aromatic amines is 1. The van der Waals surface area contributed by atoms with Crippen LogP contribution < -0.4 is 0 Å². The molecule has 2 aliphatic heterocycles. The second-order valence-electron chi connectivity index (χ2n) is 8.61. The van der Waals surface area contributed by atoms with Crippen molar-refractivity contribution in [3.05, 3.63) is 63.3 Å². The van der Waals surface area contributed by atoms with E-state index in [9.17, 15) is 9.90 Å². The molecule has 31 heavy (non-hydrogen) atoms. The molecule has 0 bridgehead atoms. The van der Waals surface area contributed by atoms with E-state index in [-0.39, 0.29) is 11.9 Å². The molecule has 2 saturated heterocycles. The first-order valence-corrected chi connectivity index (χ1v) is 11.3. The number of rotatable bonds is 2. The number of hydrogen-bond donors (Lipinski definition) is 2. The van der Waals surface area contributed by atoms with Crippen LogP contribution in [0.2, 0.25) is 10.0 Å². The van der Waals surface area contributed by atoms with E-state index >= 15 is 0 Å². The van der Waals surface area contributed by atoms with Gasteiger partial charge in [-0.15, -0.1) is 0 Å². The Hall–Kier alpha value is -2.12. The van der Waals surface area contributed by atoms with Gasteiger partial charge in [-0.05, 0) is 49.6 Å². The Labute approximate surface area is 190 Å². The largest absolute Gasteiger partial charge is 0.384 e. The quantitative estimate of drug-likeness (QED) is 0.608. The molecule has 2 unspecified atom stereocenters. The number of nitrogens with one attached hydrogen (secondary N) is 1. The lowest BCUT2D eigenvalue weighted by molar-refractivity contribution is -0.0740. The summed E-state index contributed by atoms with van der Waals surface area (Å²) in [7, 11) is 0. The zero-order chi connectivity index (χ0) is 21.8. The molecule has 3 aromatic rings. The third kappa shape index (κ3) is 3.61. The van der Waals surface area contributed by atoms with Crippen molar-refractivity contribution in [3.8, 4) is 0 Å². The van der Waals surface area contributed by atoms with E-state index in [1.54, 1.807) is 6.07 Å². The Kier molecular flexibility index (Phi) is 5.21. The fourth-order valence-electron chi connectivity index (χ4n) is 4.93. The van der Waals surface area contributed by atoms with Crippen molar-refractivity contribution in [2.24, 2.45) is 0 Å². The number of benzene rings is 2. The number of nitrogens with zero attached hydrogens (tertiary/aromatic N) is 3. The van der Waals surface area contributed by atoms with Crippen LogP contribution in [0, 0.1) is 6.92 Å². The van der Waals surface area contributed by atoms with Crippen LogP contribution in [-0.4, -0.2) is 63.2 Å². The third-order valence-corrected chi connectivity index (χ3v) is 7.35. The summed E-state index contributed by atoms with van der Waals surface area (Å²) in [4.78, 5) is 17.5. The minimum atomic E-state index is -0.888. The lowest BCUT2D eigenvalue weighted by Gasteiger charge is -2.49. The van der Waals surface area contributed by atoms with Crippen molar-refractivity contribution in [1.29, 1.82) is 0 Å². The summed E-state index contributed by atoms with van der Waals surface area (Å²) in [6, 6.07) is 11.3. The van der Waals surface area contributed by atoms with Crippen LogP contribution in [0.15, 0.2) is 36.4 Å². The molecule has 1 aromatic heterocycles. The summed E-state index contributed by atoms with van der Waals surface area (Å²) >= 11 is 12.6. The van der Waals surface area contributed by atoms with E-state index < -0.39 is 5.60 Å². The first-order valence-electron chi connectivity index (χ1n) is 10.5. The summed E-state index contributed by atoms with van der Waals surface area (Å²) in [6.45, 7) is 4.39. The molecule has 2 aliphatic rings. The first-order chi connectivity index (χ1) is 14.9. The SMILES string of the molecule is Cc1n[nH]c2ccc(C(=O)N3CCN4CC(O)(c5ccc(Cl)cc5)CCC4C3)c(Cl)c12.